The third-order valence-electron chi connectivity index (χ3n) is 3.68. The molecule has 1 N–H and O–H groups in total. The molecule has 2 aliphatic heterocycles. The summed E-state index contributed by atoms with van der Waals surface area (Å²) in [5, 5.41) is 2.81. The van der Waals surface area contributed by atoms with Crippen molar-refractivity contribution < 1.29 is 9.59 Å². The van der Waals surface area contributed by atoms with E-state index in [4.69, 9.17) is 0 Å². The maximum atomic E-state index is 12.6. The summed E-state index contributed by atoms with van der Waals surface area (Å²) in [5.41, 5.74) is 0.644. The summed E-state index contributed by atoms with van der Waals surface area (Å²) >= 11 is 6.81. The van der Waals surface area contributed by atoms with Gasteiger partial charge in [-0.3, -0.25) is 4.79 Å². The molecule has 20 heavy (non-hydrogen) atoms. The second-order valence-electron chi connectivity index (χ2n) is 4.91. The van der Waals surface area contributed by atoms with Crippen molar-refractivity contribution in [2.45, 2.75) is 6.04 Å². The SMILES string of the molecule is O=C(c1cc(Br)ccc1Br)N1CCN2C(=O)NCC2C1. The Labute approximate surface area is 133 Å². The number of amides is 3. The number of urea groups is 1. The van der Waals surface area contributed by atoms with Crippen molar-refractivity contribution in [1.82, 2.24) is 15.1 Å². The molecule has 0 aromatic heterocycles. The van der Waals surface area contributed by atoms with Crippen LogP contribution in [0.2, 0.25) is 0 Å². The summed E-state index contributed by atoms with van der Waals surface area (Å²) in [4.78, 5) is 27.8. The third-order valence-corrected chi connectivity index (χ3v) is 4.86. The molecule has 2 aliphatic rings. The quantitative estimate of drug-likeness (QED) is 0.781. The minimum absolute atomic E-state index is 0.00262. The van der Waals surface area contributed by atoms with Gasteiger partial charge in [-0.15, -0.1) is 0 Å². The number of benzene rings is 1. The molecule has 1 atom stereocenters. The standard InChI is InChI=1S/C13H13Br2N3O2/c14-8-1-2-11(15)10(5-8)12(19)17-3-4-18-9(7-17)6-16-13(18)20/h1-2,5,9H,3-4,6-7H2,(H,16,20). The van der Waals surface area contributed by atoms with E-state index in [-0.39, 0.29) is 18.0 Å². The van der Waals surface area contributed by atoms with Gasteiger partial charge in [0.1, 0.15) is 0 Å². The molecule has 0 bridgehead atoms. The molecule has 1 aromatic rings. The molecule has 3 rings (SSSR count). The van der Waals surface area contributed by atoms with Crippen molar-refractivity contribution in [3.8, 4) is 0 Å². The highest BCUT2D eigenvalue weighted by Crippen LogP contribution is 2.24. The highest BCUT2D eigenvalue weighted by Gasteiger charge is 2.37. The Hall–Kier alpha value is -1.08. The van der Waals surface area contributed by atoms with Gasteiger partial charge in [-0.2, -0.15) is 0 Å². The summed E-state index contributed by atoms with van der Waals surface area (Å²) in [7, 11) is 0. The van der Waals surface area contributed by atoms with E-state index in [0.29, 0.717) is 31.7 Å². The van der Waals surface area contributed by atoms with E-state index in [2.05, 4.69) is 37.2 Å². The van der Waals surface area contributed by atoms with Crippen molar-refractivity contribution in [3.05, 3.63) is 32.7 Å². The van der Waals surface area contributed by atoms with E-state index < -0.39 is 0 Å². The van der Waals surface area contributed by atoms with E-state index >= 15 is 0 Å². The number of carbonyl (C=O) groups is 2. The van der Waals surface area contributed by atoms with Gasteiger partial charge >= 0.3 is 6.03 Å². The number of carbonyl (C=O) groups excluding carboxylic acids is 2. The van der Waals surface area contributed by atoms with Gasteiger partial charge in [-0.25, -0.2) is 4.79 Å². The summed E-state index contributed by atoms with van der Waals surface area (Å²) in [6.45, 7) is 2.36. The molecular weight excluding hydrogens is 390 g/mol. The summed E-state index contributed by atoms with van der Waals surface area (Å²) in [5.74, 6) is -0.00262. The molecule has 2 fully saturated rings. The Balaban J connectivity index is 1.78. The lowest BCUT2D eigenvalue weighted by atomic mass is 10.1. The number of piperazine rings is 1. The van der Waals surface area contributed by atoms with Crippen LogP contribution in [0.1, 0.15) is 10.4 Å². The highest BCUT2D eigenvalue weighted by atomic mass is 79.9. The summed E-state index contributed by atoms with van der Waals surface area (Å²) in [6, 6.07) is 5.63. The van der Waals surface area contributed by atoms with E-state index in [9.17, 15) is 9.59 Å². The summed E-state index contributed by atoms with van der Waals surface area (Å²) in [6.07, 6.45) is 0. The van der Waals surface area contributed by atoms with Gasteiger partial charge in [0, 0.05) is 35.1 Å². The molecular formula is C13H13Br2N3O2. The normalized spacial score (nSPS) is 21.7. The topological polar surface area (TPSA) is 52.7 Å². The Morgan fingerprint density at radius 2 is 2.10 bits per heavy atom. The van der Waals surface area contributed by atoms with Crippen LogP contribution in [0.3, 0.4) is 0 Å². The van der Waals surface area contributed by atoms with E-state index in [1.165, 1.54) is 0 Å². The molecule has 0 aliphatic carbocycles. The van der Waals surface area contributed by atoms with Crippen molar-refractivity contribution in [2.75, 3.05) is 26.2 Å². The first-order chi connectivity index (χ1) is 9.56. The smallest absolute Gasteiger partial charge is 0.317 e. The molecule has 0 radical (unpaired) electrons. The second kappa shape index (κ2) is 5.37. The van der Waals surface area contributed by atoms with E-state index in [1.54, 1.807) is 4.90 Å². The van der Waals surface area contributed by atoms with Crippen LogP contribution >= 0.6 is 31.9 Å². The zero-order chi connectivity index (χ0) is 14.3. The molecule has 1 aromatic carbocycles. The number of hydrogen-bond donors (Lipinski definition) is 1. The van der Waals surface area contributed by atoms with Crippen LogP contribution in [0.15, 0.2) is 27.1 Å². The second-order valence-corrected chi connectivity index (χ2v) is 6.68. The zero-order valence-corrected chi connectivity index (χ0v) is 13.8. The van der Waals surface area contributed by atoms with Crippen molar-refractivity contribution in [2.24, 2.45) is 0 Å². The average molecular weight is 403 g/mol. The van der Waals surface area contributed by atoms with Crippen LogP contribution in [-0.2, 0) is 0 Å². The van der Waals surface area contributed by atoms with Crippen LogP contribution in [0.5, 0.6) is 0 Å². The van der Waals surface area contributed by atoms with Crippen molar-refractivity contribution in [3.63, 3.8) is 0 Å². The van der Waals surface area contributed by atoms with Crippen LogP contribution < -0.4 is 5.32 Å². The van der Waals surface area contributed by atoms with Gasteiger partial charge in [0.2, 0.25) is 0 Å². The maximum Gasteiger partial charge on any atom is 0.317 e. The summed E-state index contributed by atoms with van der Waals surface area (Å²) < 4.78 is 1.66. The molecule has 3 amide bonds. The first-order valence-corrected chi connectivity index (χ1v) is 7.93. The van der Waals surface area contributed by atoms with Gasteiger partial charge in [0.15, 0.2) is 0 Å². The molecule has 7 heteroatoms. The minimum atomic E-state index is -0.0225. The molecule has 5 nitrogen and oxygen atoms in total. The Morgan fingerprint density at radius 1 is 1.30 bits per heavy atom. The molecule has 106 valence electrons. The number of nitrogens with one attached hydrogen (secondary N) is 1. The van der Waals surface area contributed by atoms with Gasteiger partial charge in [0.25, 0.3) is 5.91 Å². The number of hydrogen-bond acceptors (Lipinski definition) is 2. The van der Waals surface area contributed by atoms with Gasteiger partial charge in [0.05, 0.1) is 11.6 Å². The fourth-order valence-electron chi connectivity index (χ4n) is 2.62. The zero-order valence-electron chi connectivity index (χ0n) is 10.6. The monoisotopic (exact) mass is 401 g/mol. The van der Waals surface area contributed by atoms with Crippen molar-refractivity contribution in [1.29, 1.82) is 0 Å². The molecule has 2 saturated heterocycles. The van der Waals surface area contributed by atoms with Gasteiger partial charge in [-0.05, 0) is 34.1 Å². The fraction of sp³-hybridized carbons (Fsp3) is 0.385. The number of nitrogens with zero attached hydrogens (tertiary/aromatic N) is 2. The maximum absolute atomic E-state index is 12.6. The number of rotatable bonds is 1. The molecule has 0 spiro atoms. The van der Waals surface area contributed by atoms with Crippen LogP contribution in [-0.4, -0.2) is 54.0 Å². The molecule has 1 unspecified atom stereocenters. The lowest BCUT2D eigenvalue weighted by Gasteiger charge is -2.36. The van der Waals surface area contributed by atoms with E-state index in [1.807, 2.05) is 23.1 Å². The lowest BCUT2D eigenvalue weighted by molar-refractivity contribution is 0.0616. The van der Waals surface area contributed by atoms with Crippen molar-refractivity contribution >= 4 is 43.8 Å². The Morgan fingerprint density at radius 3 is 2.90 bits per heavy atom. The van der Waals surface area contributed by atoms with Crippen LogP contribution in [0, 0.1) is 0 Å². The fourth-order valence-corrected chi connectivity index (χ4v) is 3.40. The third kappa shape index (κ3) is 2.44. The predicted molar refractivity (Wildman–Crippen MR) is 81.6 cm³/mol. The lowest BCUT2D eigenvalue weighted by Crippen LogP contribution is -2.53. The van der Waals surface area contributed by atoms with E-state index in [0.717, 1.165) is 8.95 Å². The number of fused-ring (bicyclic) bond motifs is 1. The first-order valence-electron chi connectivity index (χ1n) is 6.35. The van der Waals surface area contributed by atoms with Crippen LogP contribution in [0.25, 0.3) is 0 Å². The highest BCUT2D eigenvalue weighted by molar-refractivity contribution is 9.11. The van der Waals surface area contributed by atoms with Gasteiger partial charge in [-0.1, -0.05) is 15.9 Å². The van der Waals surface area contributed by atoms with Gasteiger partial charge < -0.3 is 15.1 Å². The largest absolute Gasteiger partial charge is 0.336 e. The minimum Gasteiger partial charge on any atom is -0.336 e. The average Bonchev–Trinajstić information content (AvgIpc) is 2.82. The Kier molecular flexibility index (Phi) is 3.72. The number of halogens is 2. The first kappa shape index (κ1) is 13.9. The van der Waals surface area contributed by atoms with Crippen LogP contribution in [0.4, 0.5) is 4.79 Å². The predicted octanol–water partition coefficient (Wildman–Crippen LogP) is 2.06. The molecule has 2 heterocycles. The Bertz CT molecular complexity index is 579. The molecule has 0 saturated carbocycles.